The van der Waals surface area contributed by atoms with Crippen molar-refractivity contribution in [3.63, 3.8) is 0 Å². The van der Waals surface area contributed by atoms with Crippen LogP contribution >= 0.6 is 0 Å². The molecule has 4 nitrogen and oxygen atoms in total. The van der Waals surface area contributed by atoms with E-state index in [1.165, 1.54) is 12.8 Å². The lowest BCUT2D eigenvalue weighted by Crippen LogP contribution is -2.45. The molecule has 0 aromatic rings. The molecule has 1 aliphatic heterocycles. The van der Waals surface area contributed by atoms with Crippen LogP contribution in [0.15, 0.2) is 0 Å². The number of carbonyl (C=O) groups excluding carboxylic acids is 1. The van der Waals surface area contributed by atoms with E-state index in [0.717, 1.165) is 19.5 Å². The van der Waals surface area contributed by atoms with Gasteiger partial charge >= 0.3 is 0 Å². The van der Waals surface area contributed by atoms with E-state index in [9.17, 15) is 4.79 Å². The van der Waals surface area contributed by atoms with Crippen LogP contribution in [0.5, 0.6) is 0 Å². The van der Waals surface area contributed by atoms with Gasteiger partial charge in [0.25, 0.3) is 0 Å². The van der Waals surface area contributed by atoms with E-state index in [2.05, 4.69) is 4.90 Å². The molecular weight excluding hydrogens is 230 g/mol. The number of nitrogens with zero attached hydrogens (tertiary/aromatic N) is 1. The summed E-state index contributed by atoms with van der Waals surface area (Å²) in [5.41, 5.74) is 0. The van der Waals surface area contributed by atoms with Gasteiger partial charge in [-0.15, -0.1) is 0 Å². The Morgan fingerprint density at radius 2 is 1.94 bits per heavy atom. The molecule has 4 heteroatoms. The highest BCUT2D eigenvalue weighted by molar-refractivity contribution is 5.76. The van der Waals surface area contributed by atoms with Crippen LogP contribution in [0.3, 0.4) is 0 Å². The molecule has 0 aromatic carbocycles. The molecule has 0 saturated carbocycles. The van der Waals surface area contributed by atoms with E-state index >= 15 is 0 Å². The van der Waals surface area contributed by atoms with E-state index in [0.29, 0.717) is 25.7 Å². The Hall–Kier alpha value is -0.450. The number of hydrogen-bond donors (Lipinski definition) is 0. The van der Waals surface area contributed by atoms with Crippen molar-refractivity contribution in [2.24, 2.45) is 0 Å². The van der Waals surface area contributed by atoms with Crippen molar-refractivity contribution in [1.29, 1.82) is 0 Å². The summed E-state index contributed by atoms with van der Waals surface area (Å²) in [5, 5.41) is 0. The molecule has 1 rings (SSSR count). The van der Waals surface area contributed by atoms with Gasteiger partial charge in [-0.1, -0.05) is 6.42 Å². The van der Waals surface area contributed by atoms with E-state index < -0.39 is 0 Å². The summed E-state index contributed by atoms with van der Waals surface area (Å²) in [5.74, 6) is 0.274. The molecule has 18 heavy (non-hydrogen) atoms. The van der Waals surface area contributed by atoms with Crippen molar-refractivity contribution >= 4 is 5.78 Å². The molecule has 0 aromatic heterocycles. The monoisotopic (exact) mass is 257 g/mol. The lowest BCUT2D eigenvalue weighted by atomic mass is 9.98. The molecule has 1 heterocycles. The van der Waals surface area contributed by atoms with E-state index in [-0.39, 0.29) is 12.1 Å². The van der Waals surface area contributed by atoms with Gasteiger partial charge in [0.1, 0.15) is 5.78 Å². The van der Waals surface area contributed by atoms with Crippen LogP contribution in [-0.2, 0) is 14.3 Å². The van der Waals surface area contributed by atoms with Gasteiger partial charge in [-0.3, -0.25) is 9.69 Å². The number of carbonyl (C=O) groups is 1. The third-order valence-corrected chi connectivity index (χ3v) is 3.36. The van der Waals surface area contributed by atoms with Gasteiger partial charge in [0.15, 0.2) is 6.29 Å². The van der Waals surface area contributed by atoms with E-state index in [1.54, 1.807) is 6.92 Å². The van der Waals surface area contributed by atoms with Crippen LogP contribution in [0, 0.1) is 0 Å². The predicted octanol–water partition coefficient (Wildman–Crippen LogP) is 2.22. The Morgan fingerprint density at radius 1 is 1.28 bits per heavy atom. The summed E-state index contributed by atoms with van der Waals surface area (Å²) < 4.78 is 11.2. The SMILES string of the molecule is CCOC(CN1CCCCC1CC(C)=O)OCC. The molecular formula is C14H27NO3. The standard InChI is InChI=1S/C14H27NO3/c1-4-17-14(18-5-2)11-15-9-7-6-8-13(15)10-12(3)16/h13-14H,4-11H2,1-3H3. The molecule has 0 aliphatic carbocycles. The fourth-order valence-electron chi connectivity index (χ4n) is 2.58. The molecule has 0 bridgehead atoms. The maximum absolute atomic E-state index is 11.3. The fourth-order valence-corrected chi connectivity index (χ4v) is 2.58. The minimum absolute atomic E-state index is 0.160. The number of piperidine rings is 1. The topological polar surface area (TPSA) is 38.8 Å². The van der Waals surface area contributed by atoms with Gasteiger partial charge in [0.05, 0.1) is 0 Å². The first-order valence-corrected chi connectivity index (χ1v) is 7.14. The number of likely N-dealkylation sites (tertiary alicyclic amines) is 1. The zero-order chi connectivity index (χ0) is 13.4. The third-order valence-electron chi connectivity index (χ3n) is 3.36. The lowest BCUT2D eigenvalue weighted by molar-refractivity contribution is -0.153. The quantitative estimate of drug-likeness (QED) is 0.625. The number of ketones is 1. The Balaban J connectivity index is 2.50. The van der Waals surface area contributed by atoms with Crippen molar-refractivity contribution in [2.45, 2.75) is 58.8 Å². The number of rotatable bonds is 8. The van der Waals surface area contributed by atoms with Crippen LogP contribution in [-0.4, -0.2) is 49.3 Å². The summed E-state index contributed by atoms with van der Waals surface area (Å²) in [6.07, 6.45) is 4.05. The van der Waals surface area contributed by atoms with Gasteiger partial charge < -0.3 is 9.47 Å². The first kappa shape index (κ1) is 15.6. The molecule has 1 atom stereocenters. The molecule has 1 fully saturated rings. The summed E-state index contributed by atoms with van der Waals surface area (Å²) in [4.78, 5) is 13.7. The maximum Gasteiger partial charge on any atom is 0.170 e. The molecule has 0 radical (unpaired) electrons. The zero-order valence-corrected chi connectivity index (χ0v) is 12.0. The highest BCUT2D eigenvalue weighted by Crippen LogP contribution is 2.20. The first-order valence-electron chi connectivity index (χ1n) is 7.14. The Labute approximate surface area is 111 Å². The molecule has 1 saturated heterocycles. The summed E-state index contributed by atoms with van der Waals surface area (Å²) in [6.45, 7) is 8.79. The largest absolute Gasteiger partial charge is 0.352 e. The molecule has 1 aliphatic rings. The minimum Gasteiger partial charge on any atom is -0.352 e. The Kier molecular flexibility index (Phi) is 7.47. The van der Waals surface area contributed by atoms with Crippen molar-refractivity contribution in [3.8, 4) is 0 Å². The summed E-state index contributed by atoms with van der Waals surface area (Å²) in [6, 6.07) is 0.375. The number of hydrogen-bond acceptors (Lipinski definition) is 4. The number of Topliss-reactive ketones (excluding diaryl/α,β-unsaturated/α-hetero) is 1. The first-order chi connectivity index (χ1) is 8.67. The van der Waals surface area contributed by atoms with Crippen LogP contribution in [0.25, 0.3) is 0 Å². The normalized spacial score (nSPS) is 21.4. The van der Waals surface area contributed by atoms with Crippen molar-refractivity contribution in [3.05, 3.63) is 0 Å². The Bertz CT molecular complexity index is 239. The Morgan fingerprint density at radius 3 is 2.50 bits per heavy atom. The van der Waals surface area contributed by atoms with Gasteiger partial charge in [-0.25, -0.2) is 0 Å². The third kappa shape index (κ3) is 5.46. The maximum atomic E-state index is 11.3. The summed E-state index contributed by atoms with van der Waals surface area (Å²) in [7, 11) is 0. The van der Waals surface area contributed by atoms with Crippen molar-refractivity contribution < 1.29 is 14.3 Å². The van der Waals surface area contributed by atoms with E-state index in [4.69, 9.17) is 9.47 Å². The van der Waals surface area contributed by atoms with E-state index in [1.807, 2.05) is 13.8 Å². The van der Waals surface area contributed by atoms with Gasteiger partial charge in [-0.05, 0) is 40.2 Å². The van der Waals surface area contributed by atoms with Crippen molar-refractivity contribution in [2.75, 3.05) is 26.3 Å². The molecule has 106 valence electrons. The van der Waals surface area contributed by atoms with Crippen molar-refractivity contribution in [1.82, 2.24) is 4.90 Å². The lowest BCUT2D eigenvalue weighted by Gasteiger charge is -2.37. The molecule has 1 unspecified atom stereocenters. The highest BCUT2D eigenvalue weighted by atomic mass is 16.7. The van der Waals surface area contributed by atoms with Gasteiger partial charge in [0.2, 0.25) is 0 Å². The second-order valence-corrected chi connectivity index (χ2v) is 4.89. The highest BCUT2D eigenvalue weighted by Gasteiger charge is 2.26. The van der Waals surface area contributed by atoms with Crippen LogP contribution in [0.1, 0.15) is 46.5 Å². The van der Waals surface area contributed by atoms with Gasteiger partial charge in [-0.2, -0.15) is 0 Å². The molecule has 0 N–H and O–H groups in total. The van der Waals surface area contributed by atoms with Crippen LogP contribution < -0.4 is 0 Å². The fraction of sp³-hybridized carbons (Fsp3) is 0.929. The van der Waals surface area contributed by atoms with Crippen LogP contribution in [0.4, 0.5) is 0 Å². The van der Waals surface area contributed by atoms with Crippen LogP contribution in [0.2, 0.25) is 0 Å². The second kappa shape index (κ2) is 8.62. The molecule has 0 spiro atoms. The smallest absolute Gasteiger partial charge is 0.170 e. The number of ether oxygens (including phenoxy) is 2. The average Bonchev–Trinajstić information content (AvgIpc) is 2.31. The average molecular weight is 257 g/mol. The second-order valence-electron chi connectivity index (χ2n) is 4.89. The summed E-state index contributed by atoms with van der Waals surface area (Å²) >= 11 is 0. The predicted molar refractivity (Wildman–Crippen MR) is 71.6 cm³/mol. The minimum atomic E-state index is -0.160. The van der Waals surface area contributed by atoms with Gasteiger partial charge in [0, 0.05) is 32.2 Å². The zero-order valence-electron chi connectivity index (χ0n) is 12.0. The molecule has 0 amide bonds.